The molecule has 0 unspecified atom stereocenters. The first-order valence-corrected chi connectivity index (χ1v) is 9.73. The highest BCUT2D eigenvalue weighted by Crippen LogP contribution is 2.24. The van der Waals surface area contributed by atoms with Crippen molar-refractivity contribution in [3.8, 4) is 5.75 Å². The van der Waals surface area contributed by atoms with Gasteiger partial charge in [0.05, 0.1) is 6.61 Å². The summed E-state index contributed by atoms with van der Waals surface area (Å²) in [4.78, 5) is 14.3. The Bertz CT molecular complexity index is 855. The Hall–Kier alpha value is -2.75. The average Bonchev–Trinajstić information content (AvgIpc) is 3.07. The van der Waals surface area contributed by atoms with Gasteiger partial charge in [0.2, 0.25) is 5.91 Å². The maximum Gasteiger partial charge on any atom is 0.216 e. The molecular weight excluding hydrogens is 336 g/mol. The molecule has 4 nitrogen and oxygen atoms in total. The van der Waals surface area contributed by atoms with Crippen molar-refractivity contribution < 1.29 is 9.53 Å². The molecule has 3 rings (SSSR count). The Morgan fingerprint density at radius 3 is 2.70 bits per heavy atom. The van der Waals surface area contributed by atoms with E-state index in [9.17, 15) is 4.79 Å². The molecule has 1 amide bonds. The largest absolute Gasteiger partial charge is 0.494 e. The van der Waals surface area contributed by atoms with E-state index in [1.54, 1.807) is 6.92 Å². The minimum Gasteiger partial charge on any atom is -0.494 e. The smallest absolute Gasteiger partial charge is 0.216 e. The highest BCUT2D eigenvalue weighted by molar-refractivity contribution is 5.84. The Labute approximate surface area is 160 Å². The summed E-state index contributed by atoms with van der Waals surface area (Å²) in [6.45, 7) is 2.93. The van der Waals surface area contributed by atoms with E-state index in [1.165, 1.54) is 29.4 Å². The zero-order chi connectivity index (χ0) is 18.9. The molecule has 0 radical (unpaired) electrons. The monoisotopic (exact) mass is 364 g/mol. The zero-order valence-corrected chi connectivity index (χ0v) is 16.0. The predicted molar refractivity (Wildman–Crippen MR) is 110 cm³/mol. The maximum absolute atomic E-state index is 11.0. The van der Waals surface area contributed by atoms with Crippen molar-refractivity contribution in [2.45, 2.75) is 39.0 Å². The number of amides is 1. The topological polar surface area (TPSA) is 54.1 Å². The molecule has 27 heavy (non-hydrogen) atoms. The molecule has 0 aliphatic carbocycles. The van der Waals surface area contributed by atoms with Gasteiger partial charge >= 0.3 is 0 Å². The van der Waals surface area contributed by atoms with Crippen LogP contribution in [0.3, 0.4) is 0 Å². The second-order valence-electron chi connectivity index (χ2n) is 6.90. The minimum atomic E-state index is 0.00567. The third-order valence-electron chi connectivity index (χ3n) is 4.73. The number of fused-ring (bicyclic) bond motifs is 1. The molecule has 0 saturated carbocycles. The summed E-state index contributed by atoms with van der Waals surface area (Å²) in [6.07, 6.45) is 7.38. The lowest BCUT2D eigenvalue weighted by molar-refractivity contribution is -0.118. The van der Waals surface area contributed by atoms with Crippen molar-refractivity contribution >= 4 is 16.8 Å². The SMILES string of the molecule is CC(=O)NCCc1c[nH]c2ccc(OCCCCCc3ccccc3)cc12. The minimum absolute atomic E-state index is 0.00567. The van der Waals surface area contributed by atoms with Crippen LogP contribution in [0.4, 0.5) is 0 Å². The van der Waals surface area contributed by atoms with Gasteiger partial charge in [-0.05, 0) is 61.4 Å². The normalized spacial score (nSPS) is 10.9. The molecule has 0 atom stereocenters. The molecule has 0 spiro atoms. The fourth-order valence-corrected chi connectivity index (χ4v) is 3.27. The van der Waals surface area contributed by atoms with Gasteiger partial charge in [-0.1, -0.05) is 30.3 Å². The van der Waals surface area contributed by atoms with Crippen LogP contribution < -0.4 is 10.1 Å². The first-order valence-electron chi connectivity index (χ1n) is 9.73. The molecule has 142 valence electrons. The molecule has 0 aliphatic rings. The summed E-state index contributed by atoms with van der Waals surface area (Å²) < 4.78 is 5.95. The number of H-pyrrole nitrogens is 1. The van der Waals surface area contributed by atoms with E-state index in [1.807, 2.05) is 12.3 Å². The number of carbonyl (C=O) groups is 1. The van der Waals surface area contributed by atoms with Gasteiger partial charge in [0, 0.05) is 30.6 Å². The zero-order valence-electron chi connectivity index (χ0n) is 16.0. The first kappa shape index (κ1) is 19.0. The molecule has 0 bridgehead atoms. The van der Waals surface area contributed by atoms with E-state index in [2.05, 4.69) is 52.8 Å². The van der Waals surface area contributed by atoms with Crippen LogP contribution in [0.15, 0.2) is 54.7 Å². The van der Waals surface area contributed by atoms with Gasteiger partial charge in [0.1, 0.15) is 5.75 Å². The maximum atomic E-state index is 11.0. The number of rotatable bonds is 10. The molecule has 0 aliphatic heterocycles. The van der Waals surface area contributed by atoms with Crippen LogP contribution in [0.2, 0.25) is 0 Å². The molecule has 0 saturated heterocycles. The summed E-state index contributed by atoms with van der Waals surface area (Å²) >= 11 is 0. The molecule has 2 aromatic carbocycles. The van der Waals surface area contributed by atoms with Gasteiger partial charge in [-0.2, -0.15) is 0 Å². The van der Waals surface area contributed by atoms with Crippen LogP contribution in [0.1, 0.15) is 37.3 Å². The molecule has 1 aromatic heterocycles. The number of ether oxygens (including phenoxy) is 1. The van der Waals surface area contributed by atoms with Gasteiger partial charge < -0.3 is 15.0 Å². The highest BCUT2D eigenvalue weighted by Gasteiger charge is 2.06. The van der Waals surface area contributed by atoms with E-state index in [4.69, 9.17) is 4.74 Å². The molecule has 2 N–H and O–H groups in total. The van der Waals surface area contributed by atoms with Crippen molar-refractivity contribution in [1.82, 2.24) is 10.3 Å². The Morgan fingerprint density at radius 1 is 1.04 bits per heavy atom. The first-order chi connectivity index (χ1) is 13.2. The van der Waals surface area contributed by atoms with Gasteiger partial charge in [-0.25, -0.2) is 0 Å². The molecule has 0 fully saturated rings. The summed E-state index contributed by atoms with van der Waals surface area (Å²) in [5, 5.41) is 4.01. The third kappa shape index (κ3) is 5.88. The molecular formula is C23H28N2O2. The van der Waals surface area contributed by atoms with E-state index < -0.39 is 0 Å². The lowest BCUT2D eigenvalue weighted by Crippen LogP contribution is -2.22. The number of nitrogens with one attached hydrogen (secondary N) is 2. The summed E-state index contributed by atoms with van der Waals surface area (Å²) in [5.74, 6) is 0.914. The fraction of sp³-hybridized carbons (Fsp3) is 0.348. The lowest BCUT2D eigenvalue weighted by Gasteiger charge is -2.07. The number of hydrogen-bond donors (Lipinski definition) is 2. The van der Waals surface area contributed by atoms with Crippen molar-refractivity contribution in [1.29, 1.82) is 0 Å². The van der Waals surface area contributed by atoms with E-state index in [0.29, 0.717) is 6.54 Å². The number of benzene rings is 2. The van der Waals surface area contributed by atoms with Crippen molar-refractivity contribution in [2.24, 2.45) is 0 Å². The van der Waals surface area contributed by atoms with Crippen LogP contribution in [0.25, 0.3) is 10.9 Å². The van der Waals surface area contributed by atoms with Gasteiger partial charge in [-0.3, -0.25) is 4.79 Å². The Morgan fingerprint density at radius 2 is 1.89 bits per heavy atom. The number of carbonyl (C=O) groups excluding carboxylic acids is 1. The van der Waals surface area contributed by atoms with Crippen molar-refractivity contribution in [3.05, 3.63) is 65.9 Å². The van der Waals surface area contributed by atoms with Gasteiger partial charge in [0.15, 0.2) is 0 Å². The van der Waals surface area contributed by atoms with Crippen LogP contribution >= 0.6 is 0 Å². The van der Waals surface area contributed by atoms with E-state index >= 15 is 0 Å². The Balaban J connectivity index is 1.43. The van der Waals surface area contributed by atoms with Crippen LogP contribution in [-0.4, -0.2) is 24.0 Å². The summed E-state index contributed by atoms with van der Waals surface area (Å²) in [6, 6.07) is 16.8. The second-order valence-corrected chi connectivity index (χ2v) is 6.90. The molecule has 1 heterocycles. The van der Waals surface area contributed by atoms with E-state index in [0.717, 1.165) is 37.1 Å². The summed E-state index contributed by atoms with van der Waals surface area (Å²) in [7, 11) is 0. The van der Waals surface area contributed by atoms with Gasteiger partial charge in [0.25, 0.3) is 0 Å². The highest BCUT2D eigenvalue weighted by atomic mass is 16.5. The van der Waals surface area contributed by atoms with Crippen LogP contribution in [-0.2, 0) is 17.6 Å². The quantitative estimate of drug-likeness (QED) is 0.515. The number of hydrogen-bond acceptors (Lipinski definition) is 2. The fourth-order valence-electron chi connectivity index (χ4n) is 3.27. The number of aromatic nitrogens is 1. The Kier molecular flexibility index (Phi) is 6.91. The molecule has 4 heteroatoms. The van der Waals surface area contributed by atoms with E-state index in [-0.39, 0.29) is 5.91 Å². The third-order valence-corrected chi connectivity index (χ3v) is 4.73. The standard InChI is InChI=1S/C23H28N2O2/c1-18(26)24-14-13-20-17-25-23-12-11-21(16-22(20)23)27-15-7-3-6-10-19-8-4-2-5-9-19/h2,4-5,8-9,11-12,16-17,25H,3,6-7,10,13-15H2,1H3,(H,24,26). The number of aryl methyl sites for hydroxylation is 1. The predicted octanol–water partition coefficient (Wildman–Crippen LogP) is 4.64. The summed E-state index contributed by atoms with van der Waals surface area (Å²) in [5.41, 5.74) is 3.71. The number of unbranched alkanes of at least 4 members (excludes halogenated alkanes) is 2. The van der Waals surface area contributed by atoms with Crippen molar-refractivity contribution in [3.63, 3.8) is 0 Å². The van der Waals surface area contributed by atoms with Crippen LogP contribution in [0.5, 0.6) is 5.75 Å². The van der Waals surface area contributed by atoms with Gasteiger partial charge in [-0.15, -0.1) is 0 Å². The molecule has 3 aromatic rings. The second kappa shape index (κ2) is 9.81. The van der Waals surface area contributed by atoms with Crippen LogP contribution in [0, 0.1) is 0 Å². The van der Waals surface area contributed by atoms with Crippen molar-refractivity contribution in [2.75, 3.05) is 13.2 Å². The average molecular weight is 364 g/mol. The lowest BCUT2D eigenvalue weighted by atomic mass is 10.1. The number of aromatic amines is 1.